The Morgan fingerprint density at radius 2 is 1.56 bits per heavy atom. The number of benzene rings is 2. The van der Waals surface area contributed by atoms with Crippen LogP contribution in [0.4, 0.5) is 11.4 Å². The van der Waals surface area contributed by atoms with Gasteiger partial charge in [-0.15, -0.1) is 0 Å². The Morgan fingerprint density at radius 3 is 2.19 bits per heavy atom. The highest BCUT2D eigenvalue weighted by atomic mass is 32.1. The van der Waals surface area contributed by atoms with Crippen LogP contribution in [0.2, 0.25) is 0 Å². The Labute approximate surface area is 210 Å². The van der Waals surface area contributed by atoms with Crippen molar-refractivity contribution < 1.29 is 19.1 Å². The number of anilines is 2. The van der Waals surface area contributed by atoms with Crippen LogP contribution in [-0.4, -0.2) is 33.8 Å². The molecule has 0 aliphatic heterocycles. The Kier molecular flexibility index (Phi) is 7.25. The molecule has 184 valence electrons. The molecule has 0 bridgehead atoms. The van der Waals surface area contributed by atoms with Crippen molar-refractivity contribution in [3.05, 3.63) is 92.3 Å². The molecule has 0 saturated carbocycles. The summed E-state index contributed by atoms with van der Waals surface area (Å²) in [6, 6.07) is 14.7. The van der Waals surface area contributed by atoms with Crippen molar-refractivity contribution in [2.45, 2.75) is 27.2 Å². The first-order valence-electron chi connectivity index (χ1n) is 11.3. The van der Waals surface area contributed by atoms with Crippen LogP contribution in [0.3, 0.4) is 0 Å². The average Bonchev–Trinajstić information content (AvgIpc) is 3.24. The summed E-state index contributed by atoms with van der Waals surface area (Å²) in [5, 5.41) is 5.48. The highest BCUT2D eigenvalue weighted by Crippen LogP contribution is 2.24. The second kappa shape index (κ2) is 10.5. The van der Waals surface area contributed by atoms with Gasteiger partial charge >= 0.3 is 5.97 Å². The lowest BCUT2D eigenvalue weighted by atomic mass is 10.2. The van der Waals surface area contributed by atoms with Crippen LogP contribution in [0, 0.1) is 13.8 Å². The van der Waals surface area contributed by atoms with Gasteiger partial charge in [0.25, 0.3) is 17.4 Å². The van der Waals surface area contributed by atoms with E-state index in [4.69, 9.17) is 4.74 Å². The van der Waals surface area contributed by atoms with E-state index in [0.717, 1.165) is 21.3 Å². The summed E-state index contributed by atoms with van der Waals surface area (Å²) in [6.07, 6.45) is 0.715. The predicted molar refractivity (Wildman–Crippen MR) is 138 cm³/mol. The van der Waals surface area contributed by atoms with Gasteiger partial charge in [0.15, 0.2) is 4.96 Å². The van der Waals surface area contributed by atoms with E-state index in [1.54, 1.807) is 43.3 Å². The minimum Gasteiger partial charge on any atom is -0.462 e. The number of hydrogen-bond acceptors (Lipinski definition) is 7. The van der Waals surface area contributed by atoms with Crippen LogP contribution in [0.15, 0.2) is 59.4 Å². The number of amides is 2. The topological polar surface area (TPSA) is 119 Å². The van der Waals surface area contributed by atoms with Gasteiger partial charge in [0.1, 0.15) is 10.6 Å². The van der Waals surface area contributed by atoms with E-state index in [1.165, 1.54) is 6.07 Å². The number of esters is 1. The number of carbonyl (C=O) groups is 3. The lowest BCUT2D eigenvalue weighted by Crippen LogP contribution is -2.25. The summed E-state index contributed by atoms with van der Waals surface area (Å²) < 4.78 is 6.25. The molecular weight excluding hydrogens is 480 g/mol. The van der Waals surface area contributed by atoms with Gasteiger partial charge in [0.2, 0.25) is 0 Å². The summed E-state index contributed by atoms with van der Waals surface area (Å²) in [5.74, 6) is -1.65. The molecule has 2 aromatic heterocycles. The van der Waals surface area contributed by atoms with Gasteiger partial charge in [0.05, 0.1) is 12.2 Å². The van der Waals surface area contributed by atoms with Crippen LogP contribution < -0.4 is 16.2 Å². The maximum Gasteiger partial charge on any atom is 0.338 e. The molecule has 36 heavy (non-hydrogen) atoms. The number of aromatic nitrogens is 2. The highest BCUT2D eigenvalue weighted by molar-refractivity contribution is 7.19. The molecule has 2 amide bonds. The van der Waals surface area contributed by atoms with Crippen molar-refractivity contribution in [2.75, 3.05) is 17.2 Å². The number of thiazole rings is 1. The van der Waals surface area contributed by atoms with Gasteiger partial charge in [-0.1, -0.05) is 36.0 Å². The van der Waals surface area contributed by atoms with E-state index in [9.17, 15) is 19.2 Å². The zero-order valence-corrected chi connectivity index (χ0v) is 20.8. The third kappa shape index (κ3) is 5.33. The number of nitrogens with one attached hydrogen (secondary N) is 2. The zero-order valence-electron chi connectivity index (χ0n) is 20.0. The van der Waals surface area contributed by atoms with E-state index < -0.39 is 23.3 Å². The van der Waals surface area contributed by atoms with Gasteiger partial charge in [-0.25, -0.2) is 14.2 Å². The number of hydrogen-bond donors (Lipinski definition) is 2. The minimum absolute atomic E-state index is 0.0289. The third-order valence-electron chi connectivity index (χ3n) is 5.19. The maximum absolute atomic E-state index is 13.3. The first kappa shape index (κ1) is 24.8. The van der Waals surface area contributed by atoms with Crippen LogP contribution in [-0.2, 0) is 4.74 Å². The Morgan fingerprint density at radius 1 is 0.944 bits per heavy atom. The van der Waals surface area contributed by atoms with E-state index in [0.29, 0.717) is 35.7 Å². The molecule has 0 radical (unpaired) electrons. The second-order valence-corrected chi connectivity index (χ2v) is 9.10. The Hall–Kier alpha value is -4.31. The largest absolute Gasteiger partial charge is 0.462 e. The fraction of sp³-hybridized carbons (Fsp3) is 0.192. The second-order valence-electron chi connectivity index (χ2n) is 8.12. The SMILES string of the molecule is CCCOC(=O)c1ccc(NC(=O)c2sc3nc(C)cc(=O)n3c2C(=O)Nc2ccc(C)cc2)cc1. The predicted octanol–water partition coefficient (Wildman–Crippen LogP) is 4.44. The number of aryl methyl sites for hydroxylation is 2. The van der Waals surface area contributed by atoms with Crippen molar-refractivity contribution in [1.29, 1.82) is 0 Å². The van der Waals surface area contributed by atoms with Crippen molar-refractivity contribution in [3.63, 3.8) is 0 Å². The molecule has 0 spiro atoms. The van der Waals surface area contributed by atoms with Crippen molar-refractivity contribution in [2.24, 2.45) is 0 Å². The van der Waals surface area contributed by atoms with E-state index >= 15 is 0 Å². The quantitative estimate of drug-likeness (QED) is 0.359. The number of fused-ring (bicyclic) bond motifs is 1. The van der Waals surface area contributed by atoms with Crippen LogP contribution >= 0.6 is 11.3 Å². The first-order chi connectivity index (χ1) is 17.3. The van der Waals surface area contributed by atoms with E-state index in [1.807, 2.05) is 26.0 Å². The molecule has 2 N–H and O–H groups in total. The lowest BCUT2D eigenvalue weighted by Gasteiger charge is -2.09. The molecule has 0 aliphatic carbocycles. The molecule has 0 atom stereocenters. The van der Waals surface area contributed by atoms with Gasteiger partial charge in [-0.3, -0.25) is 14.4 Å². The highest BCUT2D eigenvalue weighted by Gasteiger charge is 2.26. The number of rotatable bonds is 7. The van der Waals surface area contributed by atoms with E-state index in [2.05, 4.69) is 15.6 Å². The molecule has 9 nitrogen and oxygen atoms in total. The average molecular weight is 505 g/mol. The first-order valence-corrected chi connectivity index (χ1v) is 12.1. The normalized spacial score (nSPS) is 10.8. The number of ether oxygens (including phenoxy) is 1. The van der Waals surface area contributed by atoms with Crippen molar-refractivity contribution >= 4 is 45.5 Å². The van der Waals surface area contributed by atoms with Crippen LogP contribution in [0.1, 0.15) is 55.1 Å². The fourth-order valence-corrected chi connectivity index (χ4v) is 4.50. The molecule has 2 aromatic carbocycles. The summed E-state index contributed by atoms with van der Waals surface area (Å²) in [5.41, 5.74) is 2.22. The van der Waals surface area contributed by atoms with Crippen LogP contribution in [0.5, 0.6) is 0 Å². The van der Waals surface area contributed by atoms with Gasteiger partial charge < -0.3 is 15.4 Å². The van der Waals surface area contributed by atoms with E-state index in [-0.39, 0.29) is 15.5 Å². The molecule has 4 aromatic rings. The molecule has 2 heterocycles. The summed E-state index contributed by atoms with van der Waals surface area (Å²) >= 11 is 0.943. The molecule has 4 rings (SSSR count). The summed E-state index contributed by atoms with van der Waals surface area (Å²) in [7, 11) is 0. The fourth-order valence-electron chi connectivity index (χ4n) is 3.43. The van der Waals surface area contributed by atoms with Gasteiger partial charge in [-0.2, -0.15) is 0 Å². The van der Waals surface area contributed by atoms with Gasteiger partial charge in [0, 0.05) is 23.1 Å². The van der Waals surface area contributed by atoms with Gasteiger partial charge in [-0.05, 0) is 56.7 Å². The standard InChI is InChI=1S/C26H24N4O5S/c1-4-13-35-25(34)17-7-11-19(12-8-17)29-24(33)22-21(23(32)28-18-9-5-15(2)6-10-18)30-20(31)14-16(3)27-26(30)36-22/h5-12,14H,4,13H2,1-3H3,(H,28,32)(H,29,33). The molecule has 0 saturated heterocycles. The Balaban J connectivity index is 1.66. The monoisotopic (exact) mass is 504 g/mol. The maximum atomic E-state index is 13.3. The summed E-state index contributed by atoms with van der Waals surface area (Å²) in [6.45, 7) is 5.82. The smallest absolute Gasteiger partial charge is 0.338 e. The third-order valence-corrected chi connectivity index (χ3v) is 6.23. The minimum atomic E-state index is -0.614. The Bertz CT molecular complexity index is 1500. The molecule has 0 fully saturated rings. The van der Waals surface area contributed by atoms with Crippen LogP contribution in [0.25, 0.3) is 4.96 Å². The summed E-state index contributed by atoms with van der Waals surface area (Å²) in [4.78, 5) is 55.9. The lowest BCUT2D eigenvalue weighted by molar-refractivity contribution is 0.0505. The zero-order chi connectivity index (χ0) is 25.8. The molecule has 0 aliphatic rings. The number of carbonyl (C=O) groups excluding carboxylic acids is 3. The number of nitrogens with zero attached hydrogens (tertiary/aromatic N) is 2. The van der Waals surface area contributed by atoms with Crippen molar-refractivity contribution in [3.8, 4) is 0 Å². The molecule has 0 unspecified atom stereocenters. The molecular formula is C26H24N4O5S. The molecule has 10 heteroatoms. The van der Waals surface area contributed by atoms with Crippen molar-refractivity contribution in [1.82, 2.24) is 9.38 Å².